The van der Waals surface area contributed by atoms with Crippen molar-refractivity contribution in [1.29, 1.82) is 10.8 Å². The van der Waals surface area contributed by atoms with Gasteiger partial charge in [-0.15, -0.1) is 0 Å². The lowest BCUT2D eigenvalue weighted by atomic mass is 9.63. The van der Waals surface area contributed by atoms with Crippen molar-refractivity contribution in [2.75, 3.05) is 7.05 Å². The number of benzene rings is 2. The molecule has 0 unspecified atom stereocenters. The number of hydrogen-bond donors (Lipinski definition) is 2. The number of nitrogens with one attached hydrogen (secondary N) is 2. The normalized spacial score (nSPS) is 15.5. The van der Waals surface area contributed by atoms with Crippen LogP contribution in [0.25, 0.3) is 11.0 Å². The summed E-state index contributed by atoms with van der Waals surface area (Å²) in [5.74, 6) is 0.779. The fourth-order valence-corrected chi connectivity index (χ4v) is 3.83. The van der Waals surface area contributed by atoms with Crippen LogP contribution in [0.5, 0.6) is 0 Å². The van der Waals surface area contributed by atoms with E-state index in [-0.39, 0.29) is 5.41 Å². The third kappa shape index (κ3) is 2.61. The molecule has 132 valence electrons. The van der Waals surface area contributed by atoms with Crippen molar-refractivity contribution in [3.8, 4) is 0 Å². The molecule has 5 heteroatoms. The average molecular weight is 366 g/mol. The molecular formula is C21H20ClN3O. The van der Waals surface area contributed by atoms with Gasteiger partial charge < -0.3 is 9.32 Å². The molecule has 0 saturated heterocycles. The molecule has 0 atom stereocenters. The van der Waals surface area contributed by atoms with Crippen LogP contribution >= 0.6 is 11.6 Å². The van der Waals surface area contributed by atoms with Gasteiger partial charge in [-0.2, -0.15) is 0 Å². The van der Waals surface area contributed by atoms with Crippen molar-refractivity contribution >= 4 is 34.2 Å². The molecule has 0 radical (unpaired) electrons. The highest BCUT2D eigenvalue weighted by Crippen LogP contribution is 2.45. The van der Waals surface area contributed by atoms with Crippen molar-refractivity contribution in [2.24, 2.45) is 0 Å². The van der Waals surface area contributed by atoms with E-state index in [4.69, 9.17) is 26.8 Å². The fraction of sp³-hybridized carbons (Fsp3) is 0.238. The van der Waals surface area contributed by atoms with Gasteiger partial charge in [0.25, 0.3) is 0 Å². The molecule has 0 amide bonds. The SMILES string of the molecule is CN(C(=N)c1ccc2occc2c1)C(=N)C1(c2ccc(Cl)cc2)CCC1. The van der Waals surface area contributed by atoms with E-state index < -0.39 is 0 Å². The lowest BCUT2D eigenvalue weighted by molar-refractivity contribution is 0.319. The zero-order valence-corrected chi connectivity index (χ0v) is 15.3. The van der Waals surface area contributed by atoms with Gasteiger partial charge in [0.05, 0.1) is 11.7 Å². The van der Waals surface area contributed by atoms with Crippen LogP contribution in [0.4, 0.5) is 0 Å². The summed E-state index contributed by atoms with van der Waals surface area (Å²) < 4.78 is 5.37. The number of amidine groups is 2. The minimum absolute atomic E-state index is 0.318. The van der Waals surface area contributed by atoms with Crippen molar-refractivity contribution < 1.29 is 4.42 Å². The average Bonchev–Trinajstić information content (AvgIpc) is 3.08. The van der Waals surface area contributed by atoms with E-state index in [2.05, 4.69) is 0 Å². The van der Waals surface area contributed by atoms with E-state index in [1.54, 1.807) is 18.2 Å². The van der Waals surface area contributed by atoms with Crippen LogP contribution in [0.15, 0.2) is 59.2 Å². The van der Waals surface area contributed by atoms with Gasteiger partial charge >= 0.3 is 0 Å². The third-order valence-corrected chi connectivity index (χ3v) is 5.71. The van der Waals surface area contributed by atoms with Gasteiger partial charge in [-0.05, 0) is 54.8 Å². The van der Waals surface area contributed by atoms with Crippen molar-refractivity contribution in [3.63, 3.8) is 0 Å². The Morgan fingerprint density at radius 3 is 2.46 bits per heavy atom. The first-order chi connectivity index (χ1) is 12.5. The van der Waals surface area contributed by atoms with E-state index in [0.717, 1.165) is 41.4 Å². The number of hydrogen-bond acceptors (Lipinski definition) is 3. The van der Waals surface area contributed by atoms with Gasteiger partial charge in [-0.25, -0.2) is 0 Å². The second-order valence-electron chi connectivity index (χ2n) is 6.87. The molecule has 1 saturated carbocycles. The number of rotatable bonds is 3. The second kappa shape index (κ2) is 6.29. The van der Waals surface area contributed by atoms with Gasteiger partial charge in [0.15, 0.2) is 0 Å². The molecule has 1 aliphatic carbocycles. The fourth-order valence-electron chi connectivity index (χ4n) is 3.70. The number of halogens is 1. The summed E-state index contributed by atoms with van der Waals surface area (Å²) in [5.41, 5.74) is 2.35. The molecule has 3 aromatic rings. The van der Waals surface area contributed by atoms with E-state index in [1.807, 2.05) is 48.5 Å². The molecule has 1 fully saturated rings. The molecule has 26 heavy (non-hydrogen) atoms. The Morgan fingerprint density at radius 1 is 1.08 bits per heavy atom. The molecule has 0 bridgehead atoms. The highest BCUT2D eigenvalue weighted by molar-refractivity contribution is 6.30. The van der Waals surface area contributed by atoms with Crippen LogP contribution in [0.3, 0.4) is 0 Å². The monoisotopic (exact) mass is 365 g/mol. The molecule has 4 rings (SSSR count). The summed E-state index contributed by atoms with van der Waals surface area (Å²) in [4.78, 5) is 1.69. The molecule has 0 spiro atoms. The summed E-state index contributed by atoms with van der Waals surface area (Å²) in [7, 11) is 1.81. The lowest BCUT2D eigenvalue weighted by Gasteiger charge is -2.45. The molecular weight excluding hydrogens is 346 g/mol. The zero-order chi connectivity index (χ0) is 18.3. The Balaban J connectivity index is 1.63. The number of nitrogens with zero attached hydrogens (tertiary/aromatic N) is 1. The van der Waals surface area contributed by atoms with Crippen LogP contribution < -0.4 is 0 Å². The van der Waals surface area contributed by atoms with Gasteiger partial charge in [0.1, 0.15) is 17.3 Å². The van der Waals surface area contributed by atoms with Gasteiger partial charge in [-0.3, -0.25) is 10.8 Å². The maximum absolute atomic E-state index is 8.84. The van der Waals surface area contributed by atoms with Crippen molar-refractivity contribution in [2.45, 2.75) is 24.7 Å². The summed E-state index contributed by atoms with van der Waals surface area (Å²) in [6, 6.07) is 15.3. The third-order valence-electron chi connectivity index (χ3n) is 5.45. The summed E-state index contributed by atoms with van der Waals surface area (Å²) in [6.07, 6.45) is 4.58. The Hall–Kier alpha value is -2.59. The summed E-state index contributed by atoms with van der Waals surface area (Å²) in [5, 5.41) is 19.1. The maximum atomic E-state index is 8.84. The Morgan fingerprint density at radius 2 is 1.81 bits per heavy atom. The Kier molecular flexibility index (Phi) is 4.08. The largest absolute Gasteiger partial charge is 0.464 e. The highest BCUT2D eigenvalue weighted by Gasteiger charge is 2.45. The van der Waals surface area contributed by atoms with E-state index in [1.165, 1.54) is 0 Å². The number of furan rings is 1. The van der Waals surface area contributed by atoms with Crippen LogP contribution in [0.1, 0.15) is 30.4 Å². The minimum Gasteiger partial charge on any atom is -0.464 e. The standard InChI is InChI=1S/C21H20ClN3O/c1-25(19(23)15-3-8-18-14(13-15)9-12-26-18)20(24)21(10-2-11-21)16-4-6-17(22)7-5-16/h3-9,12-13,23-24H,2,10-11H2,1H3. The Labute approximate surface area is 157 Å². The topological polar surface area (TPSA) is 64.1 Å². The molecule has 1 aromatic heterocycles. The van der Waals surface area contributed by atoms with Crippen LogP contribution in [-0.2, 0) is 5.41 Å². The minimum atomic E-state index is -0.328. The first kappa shape index (κ1) is 16.9. The van der Waals surface area contributed by atoms with Gasteiger partial charge in [-0.1, -0.05) is 30.2 Å². The molecule has 0 aliphatic heterocycles. The molecule has 2 N–H and O–H groups in total. The van der Waals surface area contributed by atoms with Crippen molar-refractivity contribution in [1.82, 2.24) is 4.90 Å². The van der Waals surface area contributed by atoms with Crippen LogP contribution in [0, 0.1) is 10.8 Å². The summed E-state index contributed by atoms with van der Waals surface area (Å²) in [6.45, 7) is 0. The van der Waals surface area contributed by atoms with E-state index >= 15 is 0 Å². The summed E-state index contributed by atoms with van der Waals surface area (Å²) >= 11 is 6.03. The van der Waals surface area contributed by atoms with E-state index in [9.17, 15) is 0 Å². The van der Waals surface area contributed by atoms with E-state index in [0.29, 0.717) is 16.7 Å². The highest BCUT2D eigenvalue weighted by atomic mass is 35.5. The number of likely N-dealkylation sites (N-methyl/N-ethyl adjacent to an activating group) is 1. The van der Waals surface area contributed by atoms with Crippen LogP contribution in [-0.4, -0.2) is 23.6 Å². The predicted octanol–water partition coefficient (Wildman–Crippen LogP) is 5.44. The zero-order valence-electron chi connectivity index (χ0n) is 14.6. The Bertz CT molecular complexity index is 986. The molecule has 4 nitrogen and oxygen atoms in total. The van der Waals surface area contributed by atoms with Crippen molar-refractivity contribution in [3.05, 3.63) is 70.9 Å². The van der Waals surface area contributed by atoms with Gasteiger partial charge in [0, 0.05) is 23.0 Å². The molecule has 2 aromatic carbocycles. The first-order valence-electron chi connectivity index (χ1n) is 8.66. The quantitative estimate of drug-likeness (QED) is 0.479. The lowest BCUT2D eigenvalue weighted by Crippen LogP contribution is -2.51. The maximum Gasteiger partial charge on any atom is 0.133 e. The van der Waals surface area contributed by atoms with Gasteiger partial charge in [0.2, 0.25) is 0 Å². The molecule has 1 aliphatic rings. The van der Waals surface area contributed by atoms with Crippen LogP contribution in [0.2, 0.25) is 5.02 Å². The number of fused-ring (bicyclic) bond motifs is 1. The molecule has 1 heterocycles. The second-order valence-corrected chi connectivity index (χ2v) is 7.31. The predicted molar refractivity (Wildman–Crippen MR) is 106 cm³/mol. The smallest absolute Gasteiger partial charge is 0.133 e. The first-order valence-corrected chi connectivity index (χ1v) is 9.04.